The predicted octanol–water partition coefficient (Wildman–Crippen LogP) is 3.76. The van der Waals surface area contributed by atoms with Gasteiger partial charge in [0.15, 0.2) is 0 Å². The molecule has 1 heterocycles. The maximum Gasteiger partial charge on any atom is 0.266 e. The fourth-order valence-electron chi connectivity index (χ4n) is 1.52. The first-order valence-corrected chi connectivity index (χ1v) is 6.07. The first-order valence-electron chi connectivity index (χ1n) is 5.19. The summed E-state index contributed by atoms with van der Waals surface area (Å²) in [5, 5.41) is 4.43. The maximum absolute atomic E-state index is 13.5. The SMILES string of the molecule is Cc1ccc(F)c(NC(=O)c2sccc2C)c1. The van der Waals surface area contributed by atoms with E-state index in [0.29, 0.717) is 4.88 Å². The Hall–Kier alpha value is -1.68. The van der Waals surface area contributed by atoms with Gasteiger partial charge in [0, 0.05) is 0 Å². The molecule has 0 spiro atoms. The van der Waals surface area contributed by atoms with Gasteiger partial charge in [-0.25, -0.2) is 4.39 Å². The quantitative estimate of drug-likeness (QED) is 0.862. The molecular formula is C13H12FNOS. The van der Waals surface area contributed by atoms with Crippen LogP contribution in [0.4, 0.5) is 10.1 Å². The number of rotatable bonds is 2. The highest BCUT2D eigenvalue weighted by Gasteiger charge is 2.12. The molecule has 0 fully saturated rings. The summed E-state index contributed by atoms with van der Waals surface area (Å²) < 4.78 is 13.5. The van der Waals surface area contributed by atoms with E-state index in [1.807, 2.05) is 25.3 Å². The average Bonchev–Trinajstić information content (AvgIpc) is 2.70. The molecule has 0 aliphatic heterocycles. The second-order valence-electron chi connectivity index (χ2n) is 3.87. The number of aryl methyl sites for hydroxylation is 2. The number of nitrogens with one attached hydrogen (secondary N) is 1. The van der Waals surface area contributed by atoms with E-state index in [1.54, 1.807) is 12.1 Å². The molecule has 0 aliphatic carbocycles. The summed E-state index contributed by atoms with van der Waals surface area (Å²) in [6.45, 7) is 3.71. The number of carbonyl (C=O) groups excluding carboxylic acids is 1. The van der Waals surface area contributed by atoms with Crippen molar-refractivity contribution in [3.63, 3.8) is 0 Å². The Morgan fingerprint density at radius 2 is 2.06 bits per heavy atom. The number of benzene rings is 1. The molecule has 4 heteroatoms. The van der Waals surface area contributed by atoms with Crippen molar-refractivity contribution in [1.82, 2.24) is 0 Å². The maximum atomic E-state index is 13.5. The predicted molar refractivity (Wildman–Crippen MR) is 68.1 cm³/mol. The second-order valence-corrected chi connectivity index (χ2v) is 4.79. The van der Waals surface area contributed by atoms with Gasteiger partial charge < -0.3 is 5.32 Å². The molecule has 2 aromatic rings. The van der Waals surface area contributed by atoms with Gasteiger partial charge in [-0.3, -0.25) is 4.79 Å². The van der Waals surface area contributed by atoms with E-state index in [0.717, 1.165) is 11.1 Å². The third-order valence-electron chi connectivity index (χ3n) is 2.44. The van der Waals surface area contributed by atoms with Crippen LogP contribution in [-0.2, 0) is 0 Å². The highest BCUT2D eigenvalue weighted by molar-refractivity contribution is 7.12. The number of amides is 1. The first-order chi connectivity index (χ1) is 8.08. The zero-order valence-corrected chi connectivity index (χ0v) is 10.4. The molecule has 88 valence electrons. The van der Waals surface area contributed by atoms with Crippen LogP contribution in [0.15, 0.2) is 29.6 Å². The lowest BCUT2D eigenvalue weighted by molar-refractivity contribution is 0.102. The van der Waals surface area contributed by atoms with E-state index in [4.69, 9.17) is 0 Å². The van der Waals surface area contributed by atoms with E-state index >= 15 is 0 Å². The summed E-state index contributed by atoms with van der Waals surface area (Å²) in [6, 6.07) is 6.51. The van der Waals surface area contributed by atoms with Gasteiger partial charge in [-0.15, -0.1) is 11.3 Å². The molecule has 1 aromatic heterocycles. The third kappa shape index (κ3) is 2.53. The number of hydrogen-bond acceptors (Lipinski definition) is 2. The number of halogens is 1. The van der Waals surface area contributed by atoms with Crippen LogP contribution in [-0.4, -0.2) is 5.91 Å². The lowest BCUT2D eigenvalue weighted by atomic mass is 10.2. The standard InChI is InChI=1S/C13H12FNOS/c1-8-3-4-10(14)11(7-8)15-13(16)12-9(2)5-6-17-12/h3-7H,1-2H3,(H,15,16). The molecule has 0 atom stereocenters. The van der Waals surface area contributed by atoms with Gasteiger partial charge in [-0.2, -0.15) is 0 Å². The topological polar surface area (TPSA) is 29.1 Å². The lowest BCUT2D eigenvalue weighted by Gasteiger charge is -2.06. The van der Waals surface area contributed by atoms with Crippen LogP contribution in [0.3, 0.4) is 0 Å². The van der Waals surface area contributed by atoms with E-state index in [1.165, 1.54) is 17.4 Å². The summed E-state index contributed by atoms with van der Waals surface area (Å²) in [6.07, 6.45) is 0. The van der Waals surface area contributed by atoms with E-state index < -0.39 is 5.82 Å². The number of carbonyl (C=O) groups is 1. The molecule has 0 unspecified atom stereocenters. The zero-order chi connectivity index (χ0) is 12.4. The van der Waals surface area contributed by atoms with Gasteiger partial charge in [0.25, 0.3) is 5.91 Å². The summed E-state index contributed by atoms with van der Waals surface area (Å²) in [7, 11) is 0. The Morgan fingerprint density at radius 3 is 2.71 bits per heavy atom. The molecule has 1 aromatic carbocycles. The number of hydrogen-bond donors (Lipinski definition) is 1. The van der Waals surface area contributed by atoms with E-state index in [2.05, 4.69) is 5.32 Å². The van der Waals surface area contributed by atoms with Crippen molar-refractivity contribution in [2.75, 3.05) is 5.32 Å². The highest BCUT2D eigenvalue weighted by Crippen LogP contribution is 2.20. The van der Waals surface area contributed by atoms with Gasteiger partial charge in [0.2, 0.25) is 0 Å². The summed E-state index contributed by atoms with van der Waals surface area (Å²) in [5.41, 5.74) is 2.04. The van der Waals surface area contributed by atoms with Gasteiger partial charge in [-0.05, 0) is 48.6 Å². The van der Waals surface area contributed by atoms with Crippen LogP contribution in [0, 0.1) is 19.7 Å². The van der Waals surface area contributed by atoms with Gasteiger partial charge in [0.1, 0.15) is 5.82 Å². The fraction of sp³-hybridized carbons (Fsp3) is 0.154. The zero-order valence-electron chi connectivity index (χ0n) is 9.58. The van der Waals surface area contributed by atoms with Gasteiger partial charge in [0.05, 0.1) is 10.6 Å². The van der Waals surface area contributed by atoms with Crippen molar-refractivity contribution in [2.45, 2.75) is 13.8 Å². The Balaban J connectivity index is 2.24. The minimum Gasteiger partial charge on any atom is -0.319 e. The molecule has 1 N–H and O–H groups in total. The highest BCUT2D eigenvalue weighted by atomic mass is 32.1. The van der Waals surface area contributed by atoms with Crippen molar-refractivity contribution in [2.24, 2.45) is 0 Å². The normalized spacial score (nSPS) is 10.3. The second kappa shape index (κ2) is 4.67. The van der Waals surface area contributed by atoms with Crippen LogP contribution in [0.2, 0.25) is 0 Å². The van der Waals surface area contributed by atoms with Crippen LogP contribution < -0.4 is 5.32 Å². The average molecular weight is 249 g/mol. The van der Waals surface area contributed by atoms with Crippen molar-refractivity contribution >= 4 is 22.9 Å². The molecule has 2 rings (SSSR count). The Morgan fingerprint density at radius 1 is 1.29 bits per heavy atom. The van der Waals surface area contributed by atoms with Crippen LogP contribution >= 0.6 is 11.3 Å². The summed E-state index contributed by atoms with van der Waals surface area (Å²) in [5.74, 6) is -0.680. The van der Waals surface area contributed by atoms with Crippen molar-refractivity contribution in [3.8, 4) is 0 Å². The lowest BCUT2D eigenvalue weighted by Crippen LogP contribution is -2.12. The van der Waals surface area contributed by atoms with Crippen LogP contribution in [0.25, 0.3) is 0 Å². The van der Waals surface area contributed by atoms with Crippen molar-refractivity contribution in [3.05, 3.63) is 51.5 Å². The minimum atomic E-state index is -0.418. The number of anilines is 1. The minimum absolute atomic E-state index is 0.225. The van der Waals surface area contributed by atoms with Crippen molar-refractivity contribution < 1.29 is 9.18 Å². The molecule has 0 bridgehead atoms. The van der Waals surface area contributed by atoms with Gasteiger partial charge in [-0.1, -0.05) is 6.07 Å². The molecule has 1 amide bonds. The molecule has 2 nitrogen and oxygen atoms in total. The van der Waals surface area contributed by atoms with E-state index in [-0.39, 0.29) is 11.6 Å². The summed E-state index contributed by atoms with van der Waals surface area (Å²) in [4.78, 5) is 12.5. The monoisotopic (exact) mass is 249 g/mol. The van der Waals surface area contributed by atoms with Crippen LogP contribution in [0.5, 0.6) is 0 Å². The Labute approximate surface area is 103 Å². The molecule has 0 saturated carbocycles. The van der Waals surface area contributed by atoms with Crippen LogP contribution in [0.1, 0.15) is 20.8 Å². The number of thiophene rings is 1. The molecule has 0 aliphatic rings. The van der Waals surface area contributed by atoms with E-state index in [9.17, 15) is 9.18 Å². The smallest absolute Gasteiger partial charge is 0.266 e. The molecule has 17 heavy (non-hydrogen) atoms. The van der Waals surface area contributed by atoms with Gasteiger partial charge >= 0.3 is 0 Å². The molecule has 0 saturated heterocycles. The molecule has 0 radical (unpaired) electrons. The third-order valence-corrected chi connectivity index (χ3v) is 3.45. The molecular weight excluding hydrogens is 237 g/mol. The summed E-state index contributed by atoms with van der Waals surface area (Å²) >= 11 is 1.35. The fourth-order valence-corrected chi connectivity index (χ4v) is 2.34. The Kier molecular flexibility index (Phi) is 3.24. The Bertz CT molecular complexity index is 562. The van der Waals surface area contributed by atoms with Crippen molar-refractivity contribution in [1.29, 1.82) is 0 Å². The largest absolute Gasteiger partial charge is 0.319 e. The first kappa shape index (κ1) is 11.8.